The lowest BCUT2D eigenvalue weighted by atomic mass is 10.1. The molecule has 0 saturated carbocycles. The highest BCUT2D eigenvalue weighted by Crippen LogP contribution is 2.28. The standard InChI is InChI=1S/C18H22N2O2/c21-18(22)13-6-2-5-11-16-15-10-7-12-17(15)20(19-16)14-8-3-1-4-9-14/h1,3-4,8-9H,2,5-7,10-13H2,(H,21,22). The Hall–Kier alpha value is -2.10. The molecule has 0 bridgehead atoms. The van der Waals surface area contributed by atoms with Crippen LogP contribution in [0.3, 0.4) is 0 Å². The van der Waals surface area contributed by atoms with E-state index in [0.717, 1.165) is 44.2 Å². The third-order valence-corrected chi connectivity index (χ3v) is 4.32. The maximum absolute atomic E-state index is 10.5. The first kappa shape index (κ1) is 14.8. The first-order valence-electron chi connectivity index (χ1n) is 8.12. The average molecular weight is 298 g/mol. The number of fused-ring (bicyclic) bond motifs is 1. The van der Waals surface area contributed by atoms with Crippen LogP contribution in [-0.2, 0) is 24.1 Å². The Labute approximate surface area is 130 Å². The summed E-state index contributed by atoms with van der Waals surface area (Å²) in [5.74, 6) is -0.700. The van der Waals surface area contributed by atoms with Crippen LogP contribution in [0.25, 0.3) is 5.69 Å². The van der Waals surface area contributed by atoms with Crippen molar-refractivity contribution in [1.29, 1.82) is 0 Å². The fourth-order valence-corrected chi connectivity index (χ4v) is 3.24. The van der Waals surface area contributed by atoms with Gasteiger partial charge in [0.25, 0.3) is 0 Å². The zero-order valence-corrected chi connectivity index (χ0v) is 12.8. The van der Waals surface area contributed by atoms with Gasteiger partial charge in [-0.2, -0.15) is 5.10 Å². The van der Waals surface area contributed by atoms with E-state index in [1.165, 1.54) is 23.4 Å². The van der Waals surface area contributed by atoms with Crippen molar-refractivity contribution in [1.82, 2.24) is 9.78 Å². The molecule has 3 rings (SSSR count). The minimum absolute atomic E-state index is 0.274. The third kappa shape index (κ3) is 3.21. The second-order valence-electron chi connectivity index (χ2n) is 5.93. The number of carboxylic acid groups (broad SMARTS) is 1. The van der Waals surface area contributed by atoms with Crippen molar-refractivity contribution in [2.75, 3.05) is 0 Å². The molecule has 0 spiro atoms. The Morgan fingerprint density at radius 2 is 1.95 bits per heavy atom. The molecule has 4 heteroatoms. The van der Waals surface area contributed by atoms with E-state index in [-0.39, 0.29) is 6.42 Å². The molecule has 0 fully saturated rings. The molecule has 2 aromatic rings. The quantitative estimate of drug-likeness (QED) is 0.795. The zero-order chi connectivity index (χ0) is 15.4. The van der Waals surface area contributed by atoms with Crippen LogP contribution in [0.2, 0.25) is 0 Å². The lowest BCUT2D eigenvalue weighted by molar-refractivity contribution is -0.137. The third-order valence-electron chi connectivity index (χ3n) is 4.32. The highest BCUT2D eigenvalue weighted by molar-refractivity contribution is 5.66. The summed E-state index contributed by atoms with van der Waals surface area (Å²) >= 11 is 0. The Bertz CT molecular complexity index is 647. The lowest BCUT2D eigenvalue weighted by Gasteiger charge is -2.04. The molecule has 0 amide bonds. The molecule has 0 atom stereocenters. The number of carbonyl (C=O) groups is 1. The maximum Gasteiger partial charge on any atom is 0.303 e. The Morgan fingerprint density at radius 1 is 1.14 bits per heavy atom. The highest BCUT2D eigenvalue weighted by atomic mass is 16.4. The molecule has 116 valence electrons. The number of aromatic nitrogens is 2. The summed E-state index contributed by atoms with van der Waals surface area (Å²) in [7, 11) is 0. The van der Waals surface area contributed by atoms with E-state index < -0.39 is 5.97 Å². The lowest BCUT2D eigenvalue weighted by Crippen LogP contribution is -2.01. The number of unbranched alkanes of at least 4 members (excludes halogenated alkanes) is 2. The number of rotatable bonds is 7. The van der Waals surface area contributed by atoms with Crippen LogP contribution in [0.15, 0.2) is 30.3 Å². The molecule has 0 radical (unpaired) electrons. The van der Waals surface area contributed by atoms with Crippen molar-refractivity contribution >= 4 is 5.97 Å². The predicted octanol–water partition coefficient (Wildman–Crippen LogP) is 3.55. The minimum Gasteiger partial charge on any atom is -0.481 e. The number of nitrogens with zero attached hydrogens (tertiary/aromatic N) is 2. The molecule has 1 heterocycles. The second kappa shape index (κ2) is 6.77. The molecule has 1 aliphatic rings. The first-order chi connectivity index (χ1) is 10.8. The van der Waals surface area contributed by atoms with Crippen molar-refractivity contribution in [2.45, 2.75) is 51.4 Å². The molecular weight excluding hydrogens is 276 g/mol. The predicted molar refractivity (Wildman–Crippen MR) is 85.4 cm³/mol. The second-order valence-corrected chi connectivity index (χ2v) is 5.93. The number of para-hydroxylation sites is 1. The highest BCUT2D eigenvalue weighted by Gasteiger charge is 2.22. The van der Waals surface area contributed by atoms with Crippen molar-refractivity contribution < 1.29 is 9.90 Å². The Balaban J connectivity index is 1.69. The normalized spacial score (nSPS) is 13.3. The number of aryl methyl sites for hydroxylation is 1. The summed E-state index contributed by atoms with van der Waals surface area (Å²) in [4.78, 5) is 10.5. The molecule has 0 aliphatic heterocycles. The van der Waals surface area contributed by atoms with Crippen LogP contribution in [0, 0.1) is 0 Å². The molecule has 0 unspecified atom stereocenters. The van der Waals surface area contributed by atoms with Gasteiger partial charge in [-0.15, -0.1) is 0 Å². The fourth-order valence-electron chi connectivity index (χ4n) is 3.24. The molecule has 1 aromatic heterocycles. The topological polar surface area (TPSA) is 55.1 Å². The van der Waals surface area contributed by atoms with E-state index >= 15 is 0 Å². The van der Waals surface area contributed by atoms with E-state index in [2.05, 4.69) is 16.8 Å². The van der Waals surface area contributed by atoms with E-state index in [9.17, 15) is 4.79 Å². The van der Waals surface area contributed by atoms with Gasteiger partial charge >= 0.3 is 5.97 Å². The van der Waals surface area contributed by atoms with Crippen molar-refractivity contribution in [3.8, 4) is 5.69 Å². The summed E-state index contributed by atoms with van der Waals surface area (Å²) < 4.78 is 2.11. The van der Waals surface area contributed by atoms with Gasteiger partial charge in [0.1, 0.15) is 0 Å². The minimum atomic E-state index is -0.700. The van der Waals surface area contributed by atoms with Gasteiger partial charge in [0, 0.05) is 12.1 Å². The maximum atomic E-state index is 10.5. The number of aliphatic carboxylic acids is 1. The van der Waals surface area contributed by atoms with E-state index in [1.807, 2.05) is 18.2 Å². The SMILES string of the molecule is O=C(O)CCCCCc1nn(-c2ccccc2)c2c1CCC2. The zero-order valence-electron chi connectivity index (χ0n) is 12.8. The van der Waals surface area contributed by atoms with Crippen LogP contribution in [0.5, 0.6) is 0 Å². The molecule has 1 aliphatic carbocycles. The number of carboxylic acids is 1. The molecule has 22 heavy (non-hydrogen) atoms. The van der Waals surface area contributed by atoms with Crippen LogP contribution in [0.1, 0.15) is 49.1 Å². The Morgan fingerprint density at radius 3 is 2.73 bits per heavy atom. The van der Waals surface area contributed by atoms with Gasteiger partial charge in [0.05, 0.1) is 11.4 Å². The fraction of sp³-hybridized carbons (Fsp3) is 0.444. The van der Waals surface area contributed by atoms with Crippen molar-refractivity contribution in [3.63, 3.8) is 0 Å². The summed E-state index contributed by atoms with van der Waals surface area (Å²) in [6, 6.07) is 10.3. The van der Waals surface area contributed by atoms with Crippen molar-refractivity contribution in [2.24, 2.45) is 0 Å². The van der Waals surface area contributed by atoms with Gasteiger partial charge in [-0.3, -0.25) is 4.79 Å². The van der Waals surface area contributed by atoms with Gasteiger partial charge in [-0.25, -0.2) is 4.68 Å². The van der Waals surface area contributed by atoms with Crippen LogP contribution >= 0.6 is 0 Å². The smallest absolute Gasteiger partial charge is 0.303 e. The summed E-state index contributed by atoms with van der Waals surface area (Å²) in [6.45, 7) is 0. The van der Waals surface area contributed by atoms with Gasteiger partial charge in [-0.05, 0) is 56.2 Å². The summed E-state index contributed by atoms with van der Waals surface area (Å²) in [5, 5.41) is 13.5. The molecular formula is C18H22N2O2. The summed E-state index contributed by atoms with van der Waals surface area (Å²) in [6.07, 6.45) is 7.43. The summed E-state index contributed by atoms with van der Waals surface area (Å²) in [5.41, 5.74) is 5.15. The largest absolute Gasteiger partial charge is 0.481 e. The monoisotopic (exact) mass is 298 g/mol. The van der Waals surface area contributed by atoms with Gasteiger partial charge in [0.2, 0.25) is 0 Å². The van der Waals surface area contributed by atoms with E-state index in [4.69, 9.17) is 10.2 Å². The van der Waals surface area contributed by atoms with Crippen molar-refractivity contribution in [3.05, 3.63) is 47.3 Å². The number of hydrogen-bond acceptors (Lipinski definition) is 2. The van der Waals surface area contributed by atoms with E-state index in [1.54, 1.807) is 0 Å². The van der Waals surface area contributed by atoms with E-state index in [0.29, 0.717) is 0 Å². The number of benzene rings is 1. The van der Waals surface area contributed by atoms with Gasteiger partial charge in [-0.1, -0.05) is 24.6 Å². The first-order valence-corrected chi connectivity index (χ1v) is 8.12. The average Bonchev–Trinajstić information content (AvgIpc) is 3.11. The van der Waals surface area contributed by atoms with Crippen LogP contribution in [0.4, 0.5) is 0 Å². The number of hydrogen-bond donors (Lipinski definition) is 1. The van der Waals surface area contributed by atoms with Crippen LogP contribution < -0.4 is 0 Å². The van der Waals surface area contributed by atoms with Gasteiger partial charge in [0.15, 0.2) is 0 Å². The Kier molecular flexibility index (Phi) is 4.56. The molecule has 1 N–H and O–H groups in total. The molecule has 0 saturated heterocycles. The van der Waals surface area contributed by atoms with Crippen LogP contribution in [-0.4, -0.2) is 20.9 Å². The molecule has 1 aromatic carbocycles. The van der Waals surface area contributed by atoms with Gasteiger partial charge < -0.3 is 5.11 Å². The molecule has 4 nitrogen and oxygen atoms in total.